The first kappa shape index (κ1) is 29.9. The van der Waals surface area contributed by atoms with Gasteiger partial charge in [-0.25, -0.2) is 4.98 Å². The number of ketones is 1. The summed E-state index contributed by atoms with van der Waals surface area (Å²) in [5.41, 5.74) is 3.07. The number of alkyl halides is 1. The molecule has 4 unspecified atom stereocenters. The minimum Gasteiger partial charge on any atom is -0.391 e. The first-order chi connectivity index (χ1) is 17.6. The number of benzene rings is 1. The van der Waals surface area contributed by atoms with E-state index in [1.165, 1.54) is 16.2 Å². The molecule has 1 aromatic carbocycles. The molecule has 0 saturated carbocycles. The van der Waals surface area contributed by atoms with Gasteiger partial charge in [-0.2, -0.15) is 0 Å². The van der Waals surface area contributed by atoms with E-state index in [9.17, 15) is 23.9 Å². The zero-order valence-corrected chi connectivity index (χ0v) is 24.2. The van der Waals surface area contributed by atoms with Crippen LogP contribution in [0, 0.1) is 17.8 Å². The molecule has 1 fully saturated rings. The van der Waals surface area contributed by atoms with Crippen LogP contribution in [0.4, 0.5) is 4.39 Å². The molecule has 0 spiro atoms. The summed E-state index contributed by atoms with van der Waals surface area (Å²) in [4.78, 5) is 46.5. The Labute approximate surface area is 228 Å². The quantitative estimate of drug-likeness (QED) is 0.502. The van der Waals surface area contributed by atoms with Crippen molar-refractivity contribution in [1.29, 1.82) is 0 Å². The lowest BCUT2D eigenvalue weighted by Gasteiger charge is -2.36. The molecule has 0 radical (unpaired) electrons. The number of aryl methyl sites for hydroxylation is 1. The average Bonchev–Trinajstić information content (AvgIpc) is 3.44. The molecule has 4 atom stereocenters. The maximum Gasteiger partial charge on any atom is 0.246 e. The number of hydrogen-bond donors (Lipinski definition) is 2. The number of nitrogens with zero attached hydrogens (tertiary/aromatic N) is 2. The van der Waals surface area contributed by atoms with Crippen molar-refractivity contribution < 1.29 is 23.9 Å². The van der Waals surface area contributed by atoms with Crippen LogP contribution in [-0.4, -0.2) is 64.0 Å². The number of rotatable bonds is 8. The fraction of sp³-hybridized carbons (Fsp3) is 0.586. The van der Waals surface area contributed by atoms with Crippen LogP contribution in [0.25, 0.3) is 10.4 Å². The molecule has 2 heterocycles. The van der Waals surface area contributed by atoms with Gasteiger partial charge in [0.2, 0.25) is 11.8 Å². The summed E-state index contributed by atoms with van der Waals surface area (Å²) < 4.78 is 14.2. The van der Waals surface area contributed by atoms with Crippen LogP contribution in [0.3, 0.4) is 0 Å². The van der Waals surface area contributed by atoms with E-state index >= 15 is 0 Å². The normalized spacial score (nSPS) is 19.8. The smallest absolute Gasteiger partial charge is 0.246 e. The molecular weight excluding hydrogens is 505 g/mol. The Morgan fingerprint density at radius 1 is 1.16 bits per heavy atom. The van der Waals surface area contributed by atoms with E-state index in [0.29, 0.717) is 5.56 Å². The van der Waals surface area contributed by atoms with Crippen LogP contribution in [0.5, 0.6) is 0 Å². The van der Waals surface area contributed by atoms with Crippen molar-refractivity contribution in [3.63, 3.8) is 0 Å². The van der Waals surface area contributed by atoms with Gasteiger partial charge in [0.1, 0.15) is 6.04 Å². The van der Waals surface area contributed by atoms with E-state index in [1.54, 1.807) is 26.3 Å². The van der Waals surface area contributed by atoms with Crippen LogP contribution >= 0.6 is 11.3 Å². The monoisotopic (exact) mass is 545 g/mol. The van der Waals surface area contributed by atoms with Crippen molar-refractivity contribution in [2.75, 3.05) is 13.2 Å². The number of aliphatic hydroxyl groups excluding tert-OH is 1. The molecule has 2 N–H and O–H groups in total. The van der Waals surface area contributed by atoms with Gasteiger partial charge in [0.25, 0.3) is 0 Å². The largest absolute Gasteiger partial charge is 0.391 e. The van der Waals surface area contributed by atoms with Gasteiger partial charge in [-0.1, -0.05) is 65.8 Å². The fourth-order valence-electron chi connectivity index (χ4n) is 4.65. The third kappa shape index (κ3) is 6.86. The van der Waals surface area contributed by atoms with Crippen molar-refractivity contribution in [2.24, 2.45) is 10.8 Å². The summed E-state index contributed by atoms with van der Waals surface area (Å²) in [7, 11) is 0. The van der Waals surface area contributed by atoms with Gasteiger partial charge >= 0.3 is 0 Å². The molecule has 7 nitrogen and oxygen atoms in total. The van der Waals surface area contributed by atoms with Gasteiger partial charge in [0.15, 0.2) is 5.78 Å². The standard InChI is InChI=1S/C29H40FN3O4S/c1-17-24(38-16-31-17)19-10-8-18(9-11-19)20(14-30)12-23(35)22-13-21(34)15-33(22)26(36)25(28(2,3)4)32-27(37)29(5,6)7/h8-11,16,20-22,25,34H,12-15H2,1-7H3,(H,32,37). The second kappa shape index (κ2) is 11.6. The molecule has 1 aliphatic heterocycles. The Morgan fingerprint density at radius 2 is 1.79 bits per heavy atom. The van der Waals surface area contributed by atoms with E-state index < -0.39 is 47.5 Å². The summed E-state index contributed by atoms with van der Waals surface area (Å²) in [5.74, 6) is -1.64. The van der Waals surface area contributed by atoms with E-state index in [0.717, 1.165) is 16.1 Å². The molecule has 1 aromatic heterocycles. The highest BCUT2D eigenvalue weighted by atomic mass is 32.1. The lowest BCUT2D eigenvalue weighted by Crippen LogP contribution is -2.58. The van der Waals surface area contributed by atoms with Crippen molar-refractivity contribution in [3.8, 4) is 10.4 Å². The SMILES string of the molecule is Cc1ncsc1-c1ccc(C(CF)CC(=O)C2CC(O)CN2C(=O)C(NC(=O)C(C)(C)C)C(C)(C)C)cc1. The van der Waals surface area contributed by atoms with Crippen LogP contribution in [0.15, 0.2) is 29.8 Å². The third-order valence-corrected chi connectivity index (χ3v) is 8.00. The number of aromatic nitrogens is 1. The Balaban J connectivity index is 1.78. The predicted molar refractivity (Wildman–Crippen MR) is 148 cm³/mol. The van der Waals surface area contributed by atoms with Crippen LogP contribution in [0.2, 0.25) is 0 Å². The highest BCUT2D eigenvalue weighted by Crippen LogP contribution is 2.32. The number of aliphatic hydroxyl groups is 1. The summed E-state index contributed by atoms with van der Waals surface area (Å²) in [5, 5.41) is 13.3. The van der Waals surface area contributed by atoms with Crippen LogP contribution in [-0.2, 0) is 14.4 Å². The Hall–Kier alpha value is -2.65. The molecule has 3 rings (SSSR count). The topological polar surface area (TPSA) is 99.6 Å². The first-order valence-electron chi connectivity index (χ1n) is 13.0. The molecule has 0 bridgehead atoms. The summed E-state index contributed by atoms with van der Waals surface area (Å²) in [6.07, 6.45) is -0.861. The number of nitrogens with one attached hydrogen (secondary N) is 1. The lowest BCUT2D eigenvalue weighted by atomic mass is 9.84. The van der Waals surface area contributed by atoms with Crippen molar-refractivity contribution >= 4 is 28.9 Å². The predicted octanol–water partition coefficient (Wildman–Crippen LogP) is 4.67. The van der Waals surface area contributed by atoms with E-state index in [2.05, 4.69) is 10.3 Å². The van der Waals surface area contributed by atoms with Gasteiger partial charge in [0, 0.05) is 30.7 Å². The molecule has 0 aliphatic carbocycles. The van der Waals surface area contributed by atoms with Gasteiger partial charge in [-0.15, -0.1) is 11.3 Å². The van der Waals surface area contributed by atoms with Gasteiger partial charge in [-0.05, 0) is 23.5 Å². The maximum absolute atomic E-state index is 14.2. The molecule has 1 aliphatic rings. The van der Waals surface area contributed by atoms with Crippen LogP contribution < -0.4 is 5.32 Å². The van der Waals surface area contributed by atoms with E-state index in [-0.39, 0.29) is 31.1 Å². The third-order valence-electron chi connectivity index (χ3n) is 7.03. The highest BCUT2D eigenvalue weighted by Gasteiger charge is 2.45. The molecule has 208 valence electrons. The summed E-state index contributed by atoms with van der Waals surface area (Å²) >= 11 is 1.54. The van der Waals surface area contributed by atoms with Gasteiger partial charge in [0.05, 0.1) is 34.9 Å². The summed E-state index contributed by atoms with van der Waals surface area (Å²) in [6, 6.07) is 5.72. The Bertz CT molecular complexity index is 1150. The second-order valence-corrected chi connectivity index (χ2v) is 13.2. The maximum atomic E-state index is 14.2. The number of hydrogen-bond acceptors (Lipinski definition) is 6. The zero-order valence-electron chi connectivity index (χ0n) is 23.4. The van der Waals surface area contributed by atoms with E-state index in [1.807, 2.05) is 52.0 Å². The molecular formula is C29H40FN3O4S. The number of amides is 2. The number of carbonyl (C=O) groups excluding carboxylic acids is 3. The van der Waals surface area contributed by atoms with Crippen molar-refractivity contribution in [2.45, 2.75) is 85.4 Å². The first-order valence-corrected chi connectivity index (χ1v) is 13.9. The lowest BCUT2D eigenvalue weighted by molar-refractivity contribution is -0.144. The summed E-state index contributed by atoms with van der Waals surface area (Å²) in [6.45, 7) is 12.0. The minimum atomic E-state index is -0.880. The van der Waals surface area contributed by atoms with E-state index in [4.69, 9.17) is 0 Å². The van der Waals surface area contributed by atoms with Crippen molar-refractivity contribution in [1.82, 2.24) is 15.2 Å². The number of carbonyl (C=O) groups is 3. The number of Topliss-reactive ketones (excluding diaryl/α,β-unsaturated/α-hetero) is 1. The molecule has 2 amide bonds. The molecule has 1 saturated heterocycles. The second-order valence-electron chi connectivity index (χ2n) is 12.3. The average molecular weight is 546 g/mol. The number of thiazole rings is 1. The van der Waals surface area contributed by atoms with Crippen LogP contribution in [0.1, 0.15) is 71.6 Å². The van der Waals surface area contributed by atoms with Gasteiger partial charge < -0.3 is 15.3 Å². The zero-order chi connectivity index (χ0) is 28.4. The highest BCUT2D eigenvalue weighted by molar-refractivity contribution is 7.13. The minimum absolute atomic E-state index is 0.00357. The molecule has 38 heavy (non-hydrogen) atoms. The molecule has 9 heteroatoms. The fourth-order valence-corrected chi connectivity index (χ4v) is 5.46. The number of β-amino-alcohol motifs (C(OH)–C–C–N with tert-alkyl or cyclic N) is 1. The van der Waals surface area contributed by atoms with Gasteiger partial charge in [-0.3, -0.25) is 18.8 Å². The van der Waals surface area contributed by atoms with Crippen molar-refractivity contribution in [3.05, 3.63) is 41.0 Å². The Morgan fingerprint density at radius 3 is 2.29 bits per heavy atom. The number of halogens is 1. The number of likely N-dealkylation sites (tertiary alicyclic amines) is 1. The Kier molecular flexibility index (Phi) is 9.14. The molecule has 2 aromatic rings.